The molecule has 0 spiro atoms. The van der Waals surface area contributed by atoms with Crippen LogP contribution in [-0.4, -0.2) is 17.5 Å². The first-order valence-electron chi connectivity index (χ1n) is 10.4. The quantitative estimate of drug-likeness (QED) is 0.484. The standard InChI is InChI=1S/C15H19N.C12H17FO/c1-11-6-7-14-12(2)16(15(3,4)5)9-8-13(14)10-11;1-8-6-11(14-5)9(7-10(8)13)12(2,3)4/h6-10H,2H2,1,3-5H3;6-7H,1-5H3. The molecular formula is C27H36FNO. The predicted octanol–water partition coefficient (Wildman–Crippen LogP) is 7.49. The molecule has 30 heavy (non-hydrogen) atoms. The van der Waals surface area contributed by atoms with E-state index >= 15 is 0 Å². The first-order chi connectivity index (χ1) is 13.8. The van der Waals surface area contributed by atoms with Gasteiger partial charge < -0.3 is 9.64 Å². The lowest BCUT2D eigenvalue weighted by molar-refractivity contribution is 0.297. The van der Waals surface area contributed by atoms with Crippen molar-refractivity contribution in [3.63, 3.8) is 0 Å². The van der Waals surface area contributed by atoms with Crippen molar-refractivity contribution < 1.29 is 9.13 Å². The highest BCUT2D eigenvalue weighted by molar-refractivity contribution is 5.77. The summed E-state index contributed by atoms with van der Waals surface area (Å²) in [7, 11) is 1.61. The Bertz CT molecular complexity index is 958. The summed E-state index contributed by atoms with van der Waals surface area (Å²) in [6, 6.07) is 9.82. The largest absolute Gasteiger partial charge is 0.496 e. The third-order valence-corrected chi connectivity index (χ3v) is 5.22. The molecule has 0 atom stereocenters. The molecule has 2 nitrogen and oxygen atoms in total. The lowest BCUT2D eigenvalue weighted by atomic mass is 9.85. The summed E-state index contributed by atoms with van der Waals surface area (Å²) in [6.07, 6.45) is 4.30. The molecule has 3 heteroatoms. The van der Waals surface area contributed by atoms with Crippen LogP contribution in [0.3, 0.4) is 0 Å². The number of aryl methyl sites for hydroxylation is 2. The first-order valence-corrected chi connectivity index (χ1v) is 10.4. The van der Waals surface area contributed by atoms with Crippen LogP contribution in [0.5, 0.6) is 5.75 Å². The number of hydrogen-bond donors (Lipinski definition) is 0. The van der Waals surface area contributed by atoms with Gasteiger partial charge in [0.2, 0.25) is 0 Å². The van der Waals surface area contributed by atoms with Crippen molar-refractivity contribution in [3.8, 4) is 5.75 Å². The fraction of sp³-hybridized carbons (Fsp3) is 0.407. The minimum absolute atomic E-state index is 0.0795. The van der Waals surface area contributed by atoms with Gasteiger partial charge >= 0.3 is 0 Å². The smallest absolute Gasteiger partial charge is 0.126 e. The van der Waals surface area contributed by atoms with E-state index in [2.05, 4.69) is 69.6 Å². The Morgan fingerprint density at radius 1 is 0.967 bits per heavy atom. The molecule has 0 amide bonds. The fourth-order valence-corrected chi connectivity index (χ4v) is 3.50. The van der Waals surface area contributed by atoms with E-state index in [1.54, 1.807) is 26.2 Å². The third kappa shape index (κ3) is 5.33. The van der Waals surface area contributed by atoms with Gasteiger partial charge in [0.05, 0.1) is 7.11 Å². The van der Waals surface area contributed by atoms with Crippen molar-refractivity contribution in [3.05, 3.63) is 76.7 Å². The molecule has 0 unspecified atom stereocenters. The van der Waals surface area contributed by atoms with E-state index in [9.17, 15) is 4.39 Å². The van der Waals surface area contributed by atoms with Gasteiger partial charge in [0.25, 0.3) is 0 Å². The van der Waals surface area contributed by atoms with E-state index in [0.717, 1.165) is 17.0 Å². The highest BCUT2D eigenvalue weighted by Crippen LogP contribution is 2.34. The molecule has 1 aliphatic rings. The molecule has 2 aromatic rings. The molecule has 1 aliphatic heterocycles. The van der Waals surface area contributed by atoms with E-state index in [-0.39, 0.29) is 16.8 Å². The number of methoxy groups -OCH3 is 1. The Labute approximate surface area is 182 Å². The van der Waals surface area contributed by atoms with Gasteiger partial charge in [-0.25, -0.2) is 4.39 Å². The van der Waals surface area contributed by atoms with Gasteiger partial charge in [-0.3, -0.25) is 0 Å². The molecule has 1 heterocycles. The fourth-order valence-electron chi connectivity index (χ4n) is 3.50. The van der Waals surface area contributed by atoms with Crippen LogP contribution in [0.1, 0.15) is 69.4 Å². The lowest BCUT2D eigenvalue weighted by Gasteiger charge is -2.38. The van der Waals surface area contributed by atoms with Crippen molar-refractivity contribution in [1.29, 1.82) is 0 Å². The van der Waals surface area contributed by atoms with Crippen molar-refractivity contribution >= 4 is 11.8 Å². The van der Waals surface area contributed by atoms with Gasteiger partial charge in [-0.15, -0.1) is 0 Å². The van der Waals surface area contributed by atoms with Crippen LogP contribution in [0.2, 0.25) is 0 Å². The summed E-state index contributed by atoms with van der Waals surface area (Å²) in [5.41, 5.74) is 6.40. The highest BCUT2D eigenvalue weighted by atomic mass is 19.1. The highest BCUT2D eigenvalue weighted by Gasteiger charge is 2.24. The summed E-state index contributed by atoms with van der Waals surface area (Å²) in [6.45, 7) is 20.8. The van der Waals surface area contributed by atoms with Crippen LogP contribution in [0.25, 0.3) is 11.8 Å². The molecule has 0 N–H and O–H groups in total. The van der Waals surface area contributed by atoms with E-state index in [1.165, 1.54) is 16.7 Å². The van der Waals surface area contributed by atoms with Crippen LogP contribution in [-0.2, 0) is 5.41 Å². The molecular weight excluding hydrogens is 373 g/mol. The molecule has 2 aromatic carbocycles. The summed E-state index contributed by atoms with van der Waals surface area (Å²) >= 11 is 0. The zero-order valence-electron chi connectivity index (χ0n) is 20.0. The third-order valence-electron chi connectivity index (χ3n) is 5.22. The Hall–Kier alpha value is -2.55. The number of rotatable bonds is 1. The van der Waals surface area contributed by atoms with Crippen LogP contribution < -0.4 is 4.74 Å². The number of halogens is 1. The Balaban J connectivity index is 0.000000216. The van der Waals surface area contributed by atoms with Crippen molar-refractivity contribution in [2.75, 3.05) is 7.11 Å². The molecule has 0 saturated carbocycles. The summed E-state index contributed by atoms with van der Waals surface area (Å²) in [4.78, 5) is 2.23. The summed E-state index contributed by atoms with van der Waals surface area (Å²) in [5.74, 6) is 0.590. The topological polar surface area (TPSA) is 12.5 Å². The minimum atomic E-state index is -0.171. The lowest BCUT2D eigenvalue weighted by Crippen LogP contribution is -2.36. The Morgan fingerprint density at radius 3 is 2.13 bits per heavy atom. The Morgan fingerprint density at radius 2 is 1.60 bits per heavy atom. The van der Waals surface area contributed by atoms with Crippen LogP contribution in [0, 0.1) is 19.7 Å². The first kappa shape index (κ1) is 23.7. The molecule has 0 radical (unpaired) electrons. The number of nitrogens with zero attached hydrogens (tertiary/aromatic N) is 1. The normalized spacial score (nSPS) is 13.5. The van der Waals surface area contributed by atoms with Crippen LogP contribution in [0.15, 0.2) is 43.1 Å². The van der Waals surface area contributed by atoms with Gasteiger partial charge in [0.15, 0.2) is 0 Å². The number of fused-ring (bicyclic) bond motifs is 1. The summed E-state index contributed by atoms with van der Waals surface area (Å²) in [5, 5.41) is 0. The molecule has 3 rings (SSSR count). The predicted molar refractivity (Wildman–Crippen MR) is 127 cm³/mol. The molecule has 0 aromatic heterocycles. The maximum Gasteiger partial charge on any atom is 0.126 e. The SMILES string of the molecule is C=C1c2ccc(C)cc2C=CN1C(C)(C)C.COc1cc(C)c(F)cc1C(C)(C)C. The van der Waals surface area contributed by atoms with E-state index < -0.39 is 0 Å². The van der Waals surface area contributed by atoms with Crippen molar-refractivity contribution in [2.24, 2.45) is 0 Å². The number of ether oxygens (including phenoxy) is 1. The maximum atomic E-state index is 13.4. The number of hydrogen-bond acceptors (Lipinski definition) is 2. The second-order valence-electron chi connectivity index (χ2n) is 9.95. The average Bonchev–Trinajstić information content (AvgIpc) is 2.62. The van der Waals surface area contributed by atoms with E-state index in [0.29, 0.717) is 5.56 Å². The molecule has 0 fully saturated rings. The molecule has 0 saturated heterocycles. The minimum Gasteiger partial charge on any atom is -0.496 e. The van der Waals surface area contributed by atoms with Crippen molar-refractivity contribution in [1.82, 2.24) is 4.90 Å². The van der Waals surface area contributed by atoms with Gasteiger partial charge in [0.1, 0.15) is 11.6 Å². The van der Waals surface area contributed by atoms with Gasteiger partial charge in [-0.1, -0.05) is 51.1 Å². The van der Waals surface area contributed by atoms with Crippen LogP contribution >= 0.6 is 0 Å². The Kier molecular flexibility index (Phi) is 6.86. The average molecular weight is 410 g/mol. The number of benzene rings is 2. The molecule has 0 bridgehead atoms. The maximum absolute atomic E-state index is 13.4. The van der Waals surface area contributed by atoms with E-state index in [4.69, 9.17) is 4.74 Å². The van der Waals surface area contributed by atoms with Gasteiger partial charge in [0, 0.05) is 28.6 Å². The summed E-state index contributed by atoms with van der Waals surface area (Å²) < 4.78 is 18.6. The zero-order valence-corrected chi connectivity index (χ0v) is 20.0. The van der Waals surface area contributed by atoms with Crippen molar-refractivity contribution in [2.45, 2.75) is 66.3 Å². The van der Waals surface area contributed by atoms with Crippen LogP contribution in [0.4, 0.5) is 4.39 Å². The van der Waals surface area contributed by atoms with Gasteiger partial charge in [-0.2, -0.15) is 0 Å². The van der Waals surface area contributed by atoms with Gasteiger partial charge in [-0.05, 0) is 69.4 Å². The molecule has 0 aliphatic carbocycles. The molecule has 162 valence electrons. The monoisotopic (exact) mass is 409 g/mol. The second kappa shape index (κ2) is 8.67. The second-order valence-corrected chi connectivity index (χ2v) is 9.95. The van der Waals surface area contributed by atoms with E-state index in [1.807, 2.05) is 20.8 Å². The zero-order chi connectivity index (χ0) is 22.9.